The summed E-state index contributed by atoms with van der Waals surface area (Å²) >= 11 is 7.74. The molecule has 6 nitrogen and oxygen atoms in total. The summed E-state index contributed by atoms with van der Waals surface area (Å²) in [5.41, 5.74) is 1.22. The number of methoxy groups -OCH3 is 1. The number of esters is 1. The number of anilines is 1. The maximum absolute atomic E-state index is 12.5. The summed E-state index contributed by atoms with van der Waals surface area (Å²) < 4.78 is 7.51. The molecule has 1 aliphatic rings. The Bertz CT molecular complexity index is 670. The molecular formula is C14H13BrI2N2O4. The van der Waals surface area contributed by atoms with Gasteiger partial charge in [0.1, 0.15) is 5.70 Å². The van der Waals surface area contributed by atoms with E-state index >= 15 is 0 Å². The van der Waals surface area contributed by atoms with E-state index in [1.165, 1.54) is 12.0 Å². The molecule has 0 fully saturated rings. The van der Waals surface area contributed by atoms with Crippen molar-refractivity contribution in [3.05, 3.63) is 35.0 Å². The van der Waals surface area contributed by atoms with Gasteiger partial charge in [-0.15, -0.1) is 0 Å². The standard InChI is InChI=1S/C14H13BrI2N2O4/c1-23-14(22)8-6-19(2-3-20)13(21)11(8)18-12-9(16)4-7(15)5-10(12)17/h4-5,18,20H,2-3,6H2,1H3. The number of nitrogens with zero attached hydrogens (tertiary/aromatic N) is 1. The zero-order valence-electron chi connectivity index (χ0n) is 12.0. The van der Waals surface area contributed by atoms with Crippen LogP contribution >= 0.6 is 61.1 Å². The largest absolute Gasteiger partial charge is 0.466 e. The molecule has 1 aromatic rings. The zero-order chi connectivity index (χ0) is 17.1. The predicted molar refractivity (Wildman–Crippen MR) is 106 cm³/mol. The number of aliphatic hydroxyl groups excluding tert-OH is 1. The summed E-state index contributed by atoms with van der Waals surface area (Å²) in [6.07, 6.45) is 0. The first-order chi connectivity index (χ1) is 10.9. The molecule has 0 radical (unpaired) electrons. The van der Waals surface area contributed by atoms with Crippen molar-refractivity contribution in [3.63, 3.8) is 0 Å². The summed E-state index contributed by atoms with van der Waals surface area (Å²) in [7, 11) is 1.28. The number of nitrogens with one attached hydrogen (secondary N) is 1. The van der Waals surface area contributed by atoms with Gasteiger partial charge in [0.05, 0.1) is 31.5 Å². The number of aliphatic hydroxyl groups is 1. The minimum absolute atomic E-state index is 0.123. The van der Waals surface area contributed by atoms with E-state index in [9.17, 15) is 9.59 Å². The molecule has 124 valence electrons. The lowest BCUT2D eigenvalue weighted by molar-refractivity contribution is -0.136. The molecule has 0 atom stereocenters. The lowest BCUT2D eigenvalue weighted by Gasteiger charge is -2.16. The summed E-state index contributed by atoms with van der Waals surface area (Å²) in [6.45, 7) is 0.123. The number of ether oxygens (including phenoxy) is 1. The quantitative estimate of drug-likeness (QED) is 0.398. The molecule has 0 aliphatic carbocycles. The van der Waals surface area contributed by atoms with Crippen LogP contribution in [-0.2, 0) is 14.3 Å². The van der Waals surface area contributed by atoms with Gasteiger partial charge in [0, 0.05) is 18.2 Å². The average Bonchev–Trinajstić information content (AvgIpc) is 2.79. The molecule has 2 N–H and O–H groups in total. The fourth-order valence-corrected chi connectivity index (χ4v) is 5.49. The zero-order valence-corrected chi connectivity index (χ0v) is 17.9. The van der Waals surface area contributed by atoms with Gasteiger partial charge in [-0.3, -0.25) is 4.79 Å². The molecule has 1 aromatic carbocycles. The Labute approximate surface area is 169 Å². The third kappa shape index (κ3) is 4.17. The van der Waals surface area contributed by atoms with Crippen molar-refractivity contribution < 1.29 is 19.4 Å². The SMILES string of the molecule is COC(=O)C1=C(Nc2c(I)cc(Br)cc2I)C(=O)N(CCO)C1. The highest BCUT2D eigenvalue weighted by Gasteiger charge is 2.34. The van der Waals surface area contributed by atoms with Crippen LogP contribution in [0.15, 0.2) is 27.9 Å². The van der Waals surface area contributed by atoms with Gasteiger partial charge in [-0.1, -0.05) is 15.9 Å². The fourth-order valence-electron chi connectivity index (χ4n) is 2.14. The summed E-state index contributed by atoms with van der Waals surface area (Å²) in [4.78, 5) is 25.9. The number of amides is 1. The van der Waals surface area contributed by atoms with Gasteiger partial charge in [0.25, 0.3) is 5.91 Å². The molecule has 0 spiro atoms. The second kappa shape index (κ2) is 8.12. The van der Waals surface area contributed by atoms with E-state index in [0.717, 1.165) is 17.3 Å². The third-order valence-corrected chi connectivity index (χ3v) is 5.37. The van der Waals surface area contributed by atoms with Crippen LogP contribution < -0.4 is 5.32 Å². The van der Waals surface area contributed by atoms with Crippen molar-refractivity contribution in [3.8, 4) is 0 Å². The highest BCUT2D eigenvalue weighted by Crippen LogP contribution is 2.32. The van der Waals surface area contributed by atoms with Gasteiger partial charge >= 0.3 is 5.97 Å². The molecule has 9 heteroatoms. The first-order valence-electron chi connectivity index (χ1n) is 6.52. The maximum Gasteiger partial charge on any atom is 0.337 e. The topological polar surface area (TPSA) is 78.9 Å². The number of rotatable bonds is 5. The van der Waals surface area contributed by atoms with Gasteiger partial charge in [0.2, 0.25) is 0 Å². The first kappa shape index (κ1) is 18.9. The molecule has 1 amide bonds. The van der Waals surface area contributed by atoms with E-state index in [1.54, 1.807) is 0 Å². The second-order valence-corrected chi connectivity index (χ2v) is 7.90. The number of carbonyl (C=O) groups excluding carboxylic acids is 2. The van der Waals surface area contributed by atoms with Crippen LogP contribution in [0.2, 0.25) is 0 Å². The summed E-state index contributed by atoms with van der Waals surface area (Å²) in [5, 5.41) is 12.1. The summed E-state index contributed by atoms with van der Waals surface area (Å²) in [6, 6.07) is 3.82. The van der Waals surface area contributed by atoms with Gasteiger partial charge in [0.15, 0.2) is 0 Å². The first-order valence-corrected chi connectivity index (χ1v) is 9.47. The molecule has 23 heavy (non-hydrogen) atoms. The van der Waals surface area contributed by atoms with Gasteiger partial charge in [-0.05, 0) is 57.3 Å². The van der Waals surface area contributed by atoms with Crippen LogP contribution in [0.3, 0.4) is 0 Å². The van der Waals surface area contributed by atoms with Gasteiger partial charge in [-0.2, -0.15) is 0 Å². The van der Waals surface area contributed by atoms with Crippen LogP contribution in [0.25, 0.3) is 0 Å². The highest BCUT2D eigenvalue weighted by atomic mass is 127. The lowest BCUT2D eigenvalue weighted by Crippen LogP contribution is -2.31. The Morgan fingerprint density at radius 1 is 1.43 bits per heavy atom. The Hall–Kier alpha value is -0.400. The number of β-amino-alcohol motifs (C(OH)–C–C–N with tert-alkyl or cyclic N) is 1. The normalized spacial score (nSPS) is 14.5. The van der Waals surface area contributed by atoms with E-state index in [4.69, 9.17) is 9.84 Å². The van der Waals surface area contributed by atoms with Crippen LogP contribution in [0.1, 0.15) is 0 Å². The minimum Gasteiger partial charge on any atom is -0.466 e. The Morgan fingerprint density at radius 3 is 2.57 bits per heavy atom. The molecule has 0 saturated heterocycles. The van der Waals surface area contributed by atoms with Crippen LogP contribution in [-0.4, -0.2) is 48.7 Å². The summed E-state index contributed by atoms with van der Waals surface area (Å²) in [5.74, 6) is -0.877. The smallest absolute Gasteiger partial charge is 0.337 e. The number of hydrogen-bond donors (Lipinski definition) is 2. The van der Waals surface area contributed by atoms with Crippen LogP contribution in [0.4, 0.5) is 5.69 Å². The van der Waals surface area contributed by atoms with E-state index in [1.807, 2.05) is 12.1 Å². The van der Waals surface area contributed by atoms with Crippen molar-refractivity contribution in [2.45, 2.75) is 0 Å². The van der Waals surface area contributed by atoms with Crippen LogP contribution in [0.5, 0.6) is 0 Å². The van der Waals surface area contributed by atoms with Crippen LogP contribution in [0, 0.1) is 7.14 Å². The lowest BCUT2D eigenvalue weighted by atomic mass is 10.2. The molecule has 1 aliphatic heterocycles. The highest BCUT2D eigenvalue weighted by molar-refractivity contribution is 14.1. The Balaban J connectivity index is 2.41. The van der Waals surface area contributed by atoms with Gasteiger partial charge < -0.3 is 20.1 Å². The molecular weight excluding hydrogens is 594 g/mol. The Kier molecular flexibility index (Phi) is 6.68. The third-order valence-electron chi connectivity index (χ3n) is 3.21. The second-order valence-electron chi connectivity index (χ2n) is 4.66. The van der Waals surface area contributed by atoms with Crippen molar-refractivity contribution in [2.75, 3.05) is 32.1 Å². The molecule has 0 bridgehead atoms. The Morgan fingerprint density at radius 2 is 2.04 bits per heavy atom. The molecule has 0 saturated carbocycles. The number of halogens is 3. The maximum atomic E-state index is 12.5. The molecule has 0 unspecified atom stereocenters. The monoisotopic (exact) mass is 606 g/mol. The molecule has 1 heterocycles. The van der Waals surface area contributed by atoms with E-state index in [2.05, 4.69) is 66.4 Å². The predicted octanol–water partition coefficient (Wildman–Crippen LogP) is 2.33. The number of carbonyl (C=O) groups is 2. The van der Waals surface area contributed by atoms with Gasteiger partial charge in [-0.25, -0.2) is 4.79 Å². The number of benzene rings is 1. The molecule has 2 rings (SSSR count). The van der Waals surface area contributed by atoms with E-state index < -0.39 is 5.97 Å². The van der Waals surface area contributed by atoms with Crippen molar-refractivity contribution in [2.24, 2.45) is 0 Å². The van der Waals surface area contributed by atoms with Crippen molar-refractivity contribution in [1.82, 2.24) is 4.90 Å². The molecule has 0 aromatic heterocycles. The average molecular weight is 607 g/mol. The van der Waals surface area contributed by atoms with E-state index in [0.29, 0.717) is 0 Å². The number of hydrogen-bond acceptors (Lipinski definition) is 5. The van der Waals surface area contributed by atoms with E-state index in [-0.39, 0.29) is 36.9 Å². The van der Waals surface area contributed by atoms with Crippen molar-refractivity contribution in [1.29, 1.82) is 0 Å². The minimum atomic E-state index is -0.552. The fraction of sp³-hybridized carbons (Fsp3) is 0.286. The van der Waals surface area contributed by atoms with Crippen molar-refractivity contribution >= 4 is 78.7 Å².